The number of alkyl halides is 3. The number of nitrogens with one attached hydrogen (secondary N) is 1. The lowest BCUT2D eigenvalue weighted by molar-refractivity contribution is -0.137. The Morgan fingerprint density at radius 3 is 2.61 bits per heavy atom. The summed E-state index contributed by atoms with van der Waals surface area (Å²) in [5.74, 6) is 0.230. The molecule has 0 bridgehead atoms. The van der Waals surface area contributed by atoms with Gasteiger partial charge in [-0.25, -0.2) is 4.98 Å². The number of amides is 1. The molecule has 1 aliphatic heterocycles. The minimum absolute atomic E-state index is 0.0943. The van der Waals surface area contributed by atoms with E-state index in [2.05, 4.69) is 10.3 Å². The van der Waals surface area contributed by atoms with Gasteiger partial charge in [0.15, 0.2) is 0 Å². The van der Waals surface area contributed by atoms with Crippen molar-refractivity contribution in [2.75, 3.05) is 18.0 Å². The first-order chi connectivity index (χ1) is 10.6. The topological polar surface area (TPSA) is 71.2 Å². The zero-order chi connectivity index (χ0) is 17.3. The summed E-state index contributed by atoms with van der Waals surface area (Å²) in [6.45, 7) is 4.44. The van der Waals surface area contributed by atoms with Gasteiger partial charge in [0.2, 0.25) is 5.91 Å². The van der Waals surface area contributed by atoms with Gasteiger partial charge in [0, 0.05) is 25.3 Å². The zero-order valence-electron chi connectivity index (χ0n) is 13.2. The van der Waals surface area contributed by atoms with Gasteiger partial charge in [-0.05, 0) is 38.8 Å². The number of hydrogen-bond donors (Lipinski definition) is 2. The summed E-state index contributed by atoms with van der Waals surface area (Å²) in [4.78, 5) is 17.7. The van der Waals surface area contributed by atoms with E-state index in [0.29, 0.717) is 18.9 Å². The summed E-state index contributed by atoms with van der Waals surface area (Å²) in [6, 6.07) is 2.29. The molecule has 2 rings (SSSR count). The van der Waals surface area contributed by atoms with Crippen LogP contribution in [0.3, 0.4) is 0 Å². The molecule has 1 amide bonds. The van der Waals surface area contributed by atoms with E-state index in [1.165, 1.54) is 6.07 Å². The van der Waals surface area contributed by atoms with Crippen molar-refractivity contribution < 1.29 is 18.0 Å². The maximum atomic E-state index is 12.6. The van der Waals surface area contributed by atoms with E-state index in [1.54, 1.807) is 13.8 Å². The average Bonchev–Trinajstić information content (AvgIpc) is 2.46. The third-order valence-corrected chi connectivity index (χ3v) is 3.74. The molecule has 0 saturated carbocycles. The lowest BCUT2D eigenvalue weighted by Gasteiger charge is -2.35. The van der Waals surface area contributed by atoms with Crippen molar-refractivity contribution in [1.29, 1.82) is 0 Å². The number of piperidine rings is 1. The Morgan fingerprint density at radius 2 is 2.09 bits per heavy atom. The molecule has 1 atom stereocenters. The molecular formula is C15H21F3N4O. The van der Waals surface area contributed by atoms with Crippen molar-refractivity contribution in [3.05, 3.63) is 23.9 Å². The molecule has 1 unspecified atom stereocenters. The highest BCUT2D eigenvalue weighted by molar-refractivity contribution is 5.85. The van der Waals surface area contributed by atoms with Crippen molar-refractivity contribution in [1.82, 2.24) is 10.3 Å². The predicted molar refractivity (Wildman–Crippen MR) is 80.9 cm³/mol. The van der Waals surface area contributed by atoms with Crippen LogP contribution in [0.4, 0.5) is 19.0 Å². The number of nitrogens with zero attached hydrogens (tertiary/aromatic N) is 2. The first kappa shape index (κ1) is 17.5. The summed E-state index contributed by atoms with van der Waals surface area (Å²) in [6.07, 6.45) is -1.94. The quantitative estimate of drug-likeness (QED) is 0.888. The van der Waals surface area contributed by atoms with Crippen molar-refractivity contribution in [2.45, 2.75) is 44.4 Å². The normalized spacial score (nSPS) is 19.6. The van der Waals surface area contributed by atoms with E-state index < -0.39 is 17.3 Å². The summed E-state index contributed by atoms with van der Waals surface area (Å²) >= 11 is 0. The van der Waals surface area contributed by atoms with Crippen LogP contribution in [-0.4, -0.2) is 35.6 Å². The monoisotopic (exact) mass is 330 g/mol. The molecule has 1 aromatic rings. The van der Waals surface area contributed by atoms with Crippen molar-refractivity contribution in [2.24, 2.45) is 5.73 Å². The lowest BCUT2D eigenvalue weighted by atomic mass is 10.0. The molecule has 0 spiro atoms. The summed E-state index contributed by atoms with van der Waals surface area (Å²) in [5.41, 5.74) is 4.02. The number of hydrogen-bond acceptors (Lipinski definition) is 4. The van der Waals surface area contributed by atoms with Gasteiger partial charge in [0.1, 0.15) is 5.82 Å². The van der Waals surface area contributed by atoms with Gasteiger partial charge >= 0.3 is 6.18 Å². The van der Waals surface area contributed by atoms with Gasteiger partial charge in [-0.3, -0.25) is 4.79 Å². The molecule has 128 valence electrons. The first-order valence-corrected chi connectivity index (χ1v) is 7.45. The fourth-order valence-electron chi connectivity index (χ4n) is 2.42. The van der Waals surface area contributed by atoms with Gasteiger partial charge in [0.25, 0.3) is 0 Å². The third kappa shape index (κ3) is 4.57. The van der Waals surface area contributed by atoms with E-state index >= 15 is 0 Å². The number of pyridine rings is 1. The fraction of sp³-hybridized carbons (Fsp3) is 0.600. The molecular weight excluding hydrogens is 309 g/mol. The number of nitrogens with two attached hydrogens (primary N) is 1. The van der Waals surface area contributed by atoms with Crippen LogP contribution >= 0.6 is 0 Å². The number of anilines is 1. The van der Waals surface area contributed by atoms with Gasteiger partial charge in [-0.2, -0.15) is 13.2 Å². The Morgan fingerprint density at radius 1 is 1.39 bits per heavy atom. The average molecular weight is 330 g/mol. The summed E-state index contributed by atoms with van der Waals surface area (Å²) in [5, 5.41) is 2.88. The van der Waals surface area contributed by atoms with E-state index in [9.17, 15) is 18.0 Å². The molecule has 1 aromatic heterocycles. The number of halogens is 3. The molecule has 0 aromatic carbocycles. The number of rotatable bonds is 3. The van der Waals surface area contributed by atoms with Crippen LogP contribution in [0.2, 0.25) is 0 Å². The molecule has 0 aliphatic carbocycles. The maximum Gasteiger partial charge on any atom is 0.417 e. The van der Waals surface area contributed by atoms with Crippen LogP contribution in [0.25, 0.3) is 0 Å². The van der Waals surface area contributed by atoms with E-state index in [-0.39, 0.29) is 11.9 Å². The van der Waals surface area contributed by atoms with Crippen LogP contribution in [0, 0.1) is 0 Å². The zero-order valence-corrected chi connectivity index (χ0v) is 13.2. The Bertz CT molecular complexity index is 551. The molecule has 8 heteroatoms. The Hall–Kier alpha value is -1.83. The molecule has 1 saturated heterocycles. The number of carbonyl (C=O) groups excluding carboxylic acids is 1. The molecule has 3 N–H and O–H groups in total. The van der Waals surface area contributed by atoms with E-state index in [1.807, 2.05) is 4.90 Å². The van der Waals surface area contributed by atoms with Gasteiger partial charge < -0.3 is 16.0 Å². The van der Waals surface area contributed by atoms with E-state index in [4.69, 9.17) is 5.73 Å². The smallest absolute Gasteiger partial charge is 0.355 e. The lowest BCUT2D eigenvalue weighted by Crippen LogP contribution is -2.56. The van der Waals surface area contributed by atoms with Gasteiger partial charge in [-0.1, -0.05) is 0 Å². The second kappa shape index (κ2) is 6.35. The minimum Gasteiger partial charge on any atom is -0.355 e. The second-order valence-electron chi connectivity index (χ2n) is 6.38. The first-order valence-electron chi connectivity index (χ1n) is 7.45. The van der Waals surface area contributed by atoms with Crippen molar-refractivity contribution >= 4 is 11.7 Å². The number of carbonyl (C=O) groups is 1. The van der Waals surface area contributed by atoms with Crippen LogP contribution in [-0.2, 0) is 11.0 Å². The summed E-state index contributed by atoms with van der Waals surface area (Å²) in [7, 11) is 0. The standard InChI is InChI=1S/C15H21F3N4O/c1-14(2,19)13(23)21-11-4-3-7-22(9-11)12-6-5-10(8-20-12)15(16,17)18/h5-6,8,11H,3-4,7,9,19H2,1-2H3,(H,21,23). The number of aromatic nitrogens is 1. The predicted octanol–water partition coefficient (Wildman–Crippen LogP) is 1.92. The SMILES string of the molecule is CC(C)(N)C(=O)NC1CCCN(c2ccc(C(F)(F)F)cn2)C1. The molecule has 2 heterocycles. The molecule has 0 radical (unpaired) electrons. The highest BCUT2D eigenvalue weighted by Crippen LogP contribution is 2.29. The molecule has 1 aliphatic rings. The highest BCUT2D eigenvalue weighted by Gasteiger charge is 2.31. The molecule has 1 fully saturated rings. The highest BCUT2D eigenvalue weighted by atomic mass is 19.4. The van der Waals surface area contributed by atoms with Crippen LogP contribution in [0.15, 0.2) is 18.3 Å². The molecule has 5 nitrogen and oxygen atoms in total. The Kier molecular flexibility index (Phi) is 4.84. The minimum atomic E-state index is -4.39. The van der Waals surface area contributed by atoms with Crippen LogP contribution < -0.4 is 16.0 Å². The third-order valence-electron chi connectivity index (χ3n) is 3.74. The van der Waals surface area contributed by atoms with Gasteiger partial charge in [-0.15, -0.1) is 0 Å². The van der Waals surface area contributed by atoms with Gasteiger partial charge in [0.05, 0.1) is 11.1 Å². The summed E-state index contributed by atoms with van der Waals surface area (Å²) < 4.78 is 37.7. The van der Waals surface area contributed by atoms with Crippen molar-refractivity contribution in [3.8, 4) is 0 Å². The molecule has 23 heavy (non-hydrogen) atoms. The maximum absolute atomic E-state index is 12.6. The fourth-order valence-corrected chi connectivity index (χ4v) is 2.42. The Labute approximate surface area is 133 Å². The van der Waals surface area contributed by atoms with E-state index in [0.717, 1.165) is 25.1 Å². The van der Waals surface area contributed by atoms with Crippen molar-refractivity contribution in [3.63, 3.8) is 0 Å². The Balaban J connectivity index is 2.02. The largest absolute Gasteiger partial charge is 0.417 e. The second-order valence-corrected chi connectivity index (χ2v) is 6.38. The van der Waals surface area contributed by atoms with Crippen LogP contribution in [0.1, 0.15) is 32.3 Å². The van der Waals surface area contributed by atoms with Crippen LogP contribution in [0.5, 0.6) is 0 Å².